The lowest BCUT2D eigenvalue weighted by Gasteiger charge is -2.03. The van der Waals surface area contributed by atoms with Crippen LogP contribution < -0.4 is 10.1 Å². The van der Waals surface area contributed by atoms with Crippen molar-refractivity contribution in [3.05, 3.63) is 32.6 Å². The second-order valence-corrected chi connectivity index (χ2v) is 5.81. The molecule has 2 rings (SSSR count). The molecule has 0 fully saturated rings. The minimum absolute atomic E-state index is 0.241. The number of aryl methyl sites for hydroxylation is 1. The van der Waals surface area contributed by atoms with Crippen molar-refractivity contribution in [1.29, 1.82) is 0 Å². The largest absolute Gasteiger partial charge is 0.480 e. The molecule has 2 N–H and O–H groups in total. The second-order valence-electron chi connectivity index (χ2n) is 4.16. The van der Waals surface area contributed by atoms with Crippen LogP contribution in [0.5, 0.6) is 5.88 Å². The number of carbonyl (C=O) groups is 1. The molecule has 0 saturated carbocycles. The van der Waals surface area contributed by atoms with E-state index in [4.69, 9.17) is 21.4 Å². The van der Waals surface area contributed by atoms with E-state index in [0.717, 1.165) is 22.5 Å². The molecule has 0 radical (unpaired) electrons. The van der Waals surface area contributed by atoms with E-state index in [0.29, 0.717) is 23.3 Å². The molecule has 8 heteroatoms. The Morgan fingerprint density at radius 1 is 1.55 bits per heavy atom. The first-order valence-corrected chi connectivity index (χ1v) is 6.99. The van der Waals surface area contributed by atoms with Crippen molar-refractivity contribution < 1.29 is 14.6 Å². The topological polar surface area (TPSA) is 76.4 Å². The van der Waals surface area contributed by atoms with Gasteiger partial charge in [-0.25, -0.2) is 4.79 Å². The molecule has 2 aromatic rings. The summed E-state index contributed by atoms with van der Waals surface area (Å²) in [6.45, 7) is 1.05. The first kappa shape index (κ1) is 14.8. The molecule has 6 nitrogen and oxygen atoms in total. The average Bonchev–Trinajstić information content (AvgIpc) is 2.93. The second kappa shape index (κ2) is 6.25. The number of rotatable bonds is 6. The number of hydrogen-bond acceptors (Lipinski definition) is 5. The first-order chi connectivity index (χ1) is 9.51. The minimum Gasteiger partial charge on any atom is -0.480 e. The van der Waals surface area contributed by atoms with Gasteiger partial charge in [-0.3, -0.25) is 4.68 Å². The quantitative estimate of drug-likeness (QED) is 0.854. The van der Waals surface area contributed by atoms with Crippen molar-refractivity contribution >= 4 is 28.9 Å². The van der Waals surface area contributed by atoms with Crippen LogP contribution in [0, 0.1) is 0 Å². The summed E-state index contributed by atoms with van der Waals surface area (Å²) in [4.78, 5) is 11.1. The van der Waals surface area contributed by atoms with E-state index in [2.05, 4.69) is 10.4 Å². The third-order valence-electron chi connectivity index (χ3n) is 2.66. The maximum atomic E-state index is 10.9. The van der Waals surface area contributed by atoms with Gasteiger partial charge in [-0.2, -0.15) is 0 Å². The SMILES string of the molecule is COc1nn(C)cc1CNCc1cc(C(=O)O)sc1Cl. The molecule has 0 aromatic carbocycles. The maximum Gasteiger partial charge on any atom is 0.345 e. The van der Waals surface area contributed by atoms with Crippen molar-refractivity contribution in [2.45, 2.75) is 13.1 Å². The lowest BCUT2D eigenvalue weighted by Crippen LogP contribution is -2.12. The van der Waals surface area contributed by atoms with Gasteiger partial charge in [0.15, 0.2) is 0 Å². The summed E-state index contributed by atoms with van der Waals surface area (Å²) in [5.41, 5.74) is 1.71. The van der Waals surface area contributed by atoms with Gasteiger partial charge in [-0.15, -0.1) is 16.4 Å². The van der Waals surface area contributed by atoms with Gasteiger partial charge in [0.25, 0.3) is 0 Å². The van der Waals surface area contributed by atoms with Gasteiger partial charge in [-0.1, -0.05) is 11.6 Å². The minimum atomic E-state index is -0.961. The molecule has 2 heterocycles. The average molecular weight is 316 g/mol. The third-order valence-corrected chi connectivity index (χ3v) is 4.09. The number of hydrogen-bond donors (Lipinski definition) is 2. The predicted molar refractivity (Wildman–Crippen MR) is 76.6 cm³/mol. The number of nitrogens with one attached hydrogen (secondary N) is 1. The smallest absolute Gasteiger partial charge is 0.345 e. The molecule has 0 saturated heterocycles. The lowest BCUT2D eigenvalue weighted by molar-refractivity contribution is 0.0702. The molecule has 2 aromatic heterocycles. The summed E-state index contributed by atoms with van der Waals surface area (Å²) in [5, 5.41) is 16.2. The molecule has 0 aliphatic heterocycles. The summed E-state index contributed by atoms with van der Waals surface area (Å²) in [5.74, 6) is -0.389. The van der Waals surface area contributed by atoms with Crippen LogP contribution in [0.15, 0.2) is 12.3 Å². The zero-order chi connectivity index (χ0) is 14.7. The fraction of sp³-hybridized carbons (Fsp3) is 0.333. The fourth-order valence-electron chi connectivity index (χ4n) is 1.77. The first-order valence-electron chi connectivity index (χ1n) is 5.80. The molecule has 108 valence electrons. The monoisotopic (exact) mass is 315 g/mol. The number of halogens is 1. The van der Waals surface area contributed by atoms with Gasteiger partial charge >= 0.3 is 5.97 Å². The molecule has 0 aliphatic rings. The molecule has 0 atom stereocenters. The van der Waals surface area contributed by atoms with Crippen LogP contribution in [-0.2, 0) is 20.1 Å². The van der Waals surface area contributed by atoms with Crippen LogP contribution in [0.3, 0.4) is 0 Å². The molecular weight excluding hydrogens is 302 g/mol. The highest BCUT2D eigenvalue weighted by molar-refractivity contribution is 7.18. The van der Waals surface area contributed by atoms with Gasteiger partial charge in [0.1, 0.15) is 4.88 Å². The summed E-state index contributed by atoms with van der Waals surface area (Å²) < 4.78 is 7.32. The molecule has 0 aliphatic carbocycles. The van der Waals surface area contributed by atoms with Crippen LogP contribution in [-0.4, -0.2) is 28.0 Å². The summed E-state index contributed by atoms with van der Waals surface area (Å²) in [7, 11) is 3.39. The number of carboxylic acid groups (broad SMARTS) is 1. The number of nitrogens with zero attached hydrogens (tertiary/aromatic N) is 2. The molecule has 20 heavy (non-hydrogen) atoms. The van der Waals surface area contributed by atoms with E-state index >= 15 is 0 Å². The number of thiophene rings is 1. The van der Waals surface area contributed by atoms with Gasteiger partial charge in [0.2, 0.25) is 5.88 Å². The van der Waals surface area contributed by atoms with Gasteiger partial charge in [-0.05, 0) is 11.6 Å². The Morgan fingerprint density at radius 3 is 2.85 bits per heavy atom. The Morgan fingerprint density at radius 2 is 2.25 bits per heavy atom. The highest BCUT2D eigenvalue weighted by Gasteiger charge is 2.13. The zero-order valence-electron chi connectivity index (χ0n) is 11.0. The molecular formula is C12H14ClN3O3S. The van der Waals surface area contributed by atoms with Crippen LogP contribution >= 0.6 is 22.9 Å². The number of carboxylic acids is 1. The van der Waals surface area contributed by atoms with Crippen LogP contribution in [0.1, 0.15) is 20.8 Å². The Kier molecular flexibility index (Phi) is 4.64. The number of aromatic nitrogens is 2. The normalized spacial score (nSPS) is 10.8. The van der Waals surface area contributed by atoms with Crippen molar-refractivity contribution in [1.82, 2.24) is 15.1 Å². The van der Waals surface area contributed by atoms with Crippen molar-refractivity contribution in [2.75, 3.05) is 7.11 Å². The van der Waals surface area contributed by atoms with Gasteiger partial charge in [0.05, 0.1) is 11.4 Å². The van der Waals surface area contributed by atoms with Gasteiger partial charge < -0.3 is 15.2 Å². The van der Waals surface area contributed by atoms with E-state index < -0.39 is 5.97 Å². The Balaban J connectivity index is 1.97. The van der Waals surface area contributed by atoms with Crippen LogP contribution in [0.25, 0.3) is 0 Å². The number of ether oxygens (including phenoxy) is 1. The lowest BCUT2D eigenvalue weighted by atomic mass is 10.3. The van der Waals surface area contributed by atoms with E-state index in [1.54, 1.807) is 17.9 Å². The fourth-order valence-corrected chi connectivity index (χ4v) is 2.89. The molecule has 0 amide bonds. The van der Waals surface area contributed by atoms with Crippen LogP contribution in [0.4, 0.5) is 0 Å². The highest BCUT2D eigenvalue weighted by Crippen LogP contribution is 2.27. The summed E-state index contributed by atoms with van der Waals surface area (Å²) >= 11 is 7.07. The van der Waals surface area contributed by atoms with Crippen molar-refractivity contribution in [3.63, 3.8) is 0 Å². The Hall–Kier alpha value is -1.57. The number of aromatic carboxylic acids is 1. The molecule has 0 unspecified atom stereocenters. The molecule has 0 bridgehead atoms. The third kappa shape index (κ3) is 3.30. The van der Waals surface area contributed by atoms with Crippen molar-refractivity contribution in [2.24, 2.45) is 7.05 Å². The standard InChI is InChI=1S/C12H14ClN3O3S/c1-16-6-8(11(15-16)19-2)5-14-4-7-3-9(12(17)18)20-10(7)13/h3,6,14H,4-5H2,1-2H3,(H,17,18). The summed E-state index contributed by atoms with van der Waals surface area (Å²) in [6, 6.07) is 1.59. The van der Waals surface area contributed by atoms with E-state index in [9.17, 15) is 4.79 Å². The summed E-state index contributed by atoms with van der Waals surface area (Å²) in [6.07, 6.45) is 1.86. The van der Waals surface area contributed by atoms with E-state index in [1.807, 2.05) is 13.2 Å². The van der Waals surface area contributed by atoms with Crippen molar-refractivity contribution in [3.8, 4) is 5.88 Å². The van der Waals surface area contributed by atoms with E-state index in [-0.39, 0.29) is 4.88 Å². The van der Waals surface area contributed by atoms with E-state index in [1.165, 1.54) is 0 Å². The van der Waals surface area contributed by atoms with Gasteiger partial charge in [0, 0.05) is 31.9 Å². The van der Waals surface area contributed by atoms with Crippen LogP contribution in [0.2, 0.25) is 4.34 Å². The predicted octanol–water partition coefficient (Wildman–Crippen LogP) is 2.13. The Labute approximate surface area is 124 Å². The number of methoxy groups -OCH3 is 1. The maximum absolute atomic E-state index is 10.9. The molecule has 0 spiro atoms. The zero-order valence-corrected chi connectivity index (χ0v) is 12.6. The highest BCUT2D eigenvalue weighted by atomic mass is 35.5. The Bertz CT molecular complexity index is 623.